The van der Waals surface area contributed by atoms with Gasteiger partial charge in [-0.05, 0) is 49.4 Å². The Hall–Kier alpha value is -1.94. The molecule has 0 bridgehead atoms. The molecule has 0 aliphatic heterocycles. The molecule has 19 heteroatoms. The first-order valence-corrected chi connectivity index (χ1v) is 38.2. The van der Waals surface area contributed by atoms with Gasteiger partial charge < -0.3 is 33.8 Å². The number of aliphatic hydroxyl groups is 1. The first-order chi connectivity index (χ1) is 41.6. The lowest BCUT2D eigenvalue weighted by atomic mass is 10.00. The molecule has 0 rings (SSSR count). The summed E-state index contributed by atoms with van der Waals surface area (Å²) in [5, 5.41) is 10.6. The third-order valence-corrected chi connectivity index (χ3v) is 17.8. The standard InChI is InChI=1S/C68H132O17P2/c1-9-61(8)47-39-31-25-27-33-41-49-66(71)79-55-64(85-68(73)51-43-35-23-19-21-29-37-45-59(4)5)57-83-87(76,77)81-53-62(69)52-80-86(74,75)82-56-63(54-78-65(70)48-40-32-26-24-30-38-46-60(6)7)84-67(72)50-42-34-22-18-16-14-12-10-11-13-15-17-20-28-36-44-58(2)3/h58-64,69H,9-57H2,1-8H3,(H,74,75)(H,76,77)/t61?,62?,63-,64-/m1/s1. The van der Waals surface area contributed by atoms with E-state index in [2.05, 4.69) is 55.4 Å². The molecule has 0 saturated carbocycles. The predicted molar refractivity (Wildman–Crippen MR) is 349 cm³/mol. The summed E-state index contributed by atoms with van der Waals surface area (Å²) in [6.45, 7) is 14.0. The Bertz CT molecular complexity index is 1730. The van der Waals surface area contributed by atoms with Crippen molar-refractivity contribution in [1.29, 1.82) is 0 Å². The number of unbranched alkanes of at least 4 members (excludes halogenated alkanes) is 30. The molecule has 0 radical (unpaired) electrons. The Balaban J connectivity index is 5.20. The number of carbonyl (C=O) groups is 4. The number of esters is 4. The van der Waals surface area contributed by atoms with Crippen molar-refractivity contribution in [1.82, 2.24) is 0 Å². The molecular formula is C68H132O17P2. The van der Waals surface area contributed by atoms with Gasteiger partial charge >= 0.3 is 39.5 Å². The average Bonchev–Trinajstić information content (AvgIpc) is 3.68. The van der Waals surface area contributed by atoms with Crippen molar-refractivity contribution < 1.29 is 80.2 Å². The first kappa shape index (κ1) is 85.1. The van der Waals surface area contributed by atoms with Gasteiger partial charge in [-0.2, -0.15) is 0 Å². The minimum atomic E-state index is -4.95. The van der Waals surface area contributed by atoms with Gasteiger partial charge in [-0.25, -0.2) is 9.13 Å². The predicted octanol–water partition coefficient (Wildman–Crippen LogP) is 18.9. The molecule has 3 N–H and O–H groups in total. The maximum atomic E-state index is 13.0. The number of carbonyl (C=O) groups excluding carboxylic acids is 4. The van der Waals surface area contributed by atoms with Crippen LogP contribution in [0.5, 0.6) is 0 Å². The normalized spacial score (nSPS) is 14.6. The Morgan fingerprint density at radius 2 is 0.552 bits per heavy atom. The van der Waals surface area contributed by atoms with E-state index in [4.69, 9.17) is 37.0 Å². The second-order valence-corrected chi connectivity index (χ2v) is 29.1. The lowest BCUT2D eigenvalue weighted by molar-refractivity contribution is -0.161. The molecule has 0 aliphatic carbocycles. The van der Waals surface area contributed by atoms with Gasteiger partial charge in [-0.1, -0.05) is 280 Å². The number of hydrogen-bond acceptors (Lipinski definition) is 15. The summed E-state index contributed by atoms with van der Waals surface area (Å²) < 4.78 is 68.1. The zero-order chi connectivity index (χ0) is 64.7. The Morgan fingerprint density at radius 3 is 0.816 bits per heavy atom. The molecular weight excluding hydrogens is 1150 g/mol. The maximum absolute atomic E-state index is 13.0. The minimum Gasteiger partial charge on any atom is -0.462 e. The van der Waals surface area contributed by atoms with Gasteiger partial charge in [-0.3, -0.25) is 37.3 Å². The largest absolute Gasteiger partial charge is 0.472 e. The van der Waals surface area contributed by atoms with Crippen LogP contribution in [0.4, 0.5) is 0 Å². The number of hydrogen-bond donors (Lipinski definition) is 3. The van der Waals surface area contributed by atoms with Crippen molar-refractivity contribution in [3.63, 3.8) is 0 Å². The molecule has 17 nitrogen and oxygen atoms in total. The molecule has 0 spiro atoms. The zero-order valence-electron chi connectivity index (χ0n) is 56.6. The van der Waals surface area contributed by atoms with Gasteiger partial charge in [0.15, 0.2) is 12.2 Å². The Kier molecular flexibility index (Phi) is 56.6. The van der Waals surface area contributed by atoms with Crippen LogP contribution >= 0.6 is 15.6 Å². The summed E-state index contributed by atoms with van der Waals surface area (Å²) in [5.41, 5.74) is 0. The zero-order valence-corrected chi connectivity index (χ0v) is 58.4. The molecule has 0 fully saturated rings. The van der Waals surface area contributed by atoms with Crippen molar-refractivity contribution in [3.05, 3.63) is 0 Å². The van der Waals surface area contributed by atoms with Crippen LogP contribution in [0.25, 0.3) is 0 Å². The molecule has 0 heterocycles. The topological polar surface area (TPSA) is 237 Å². The van der Waals surface area contributed by atoms with E-state index in [-0.39, 0.29) is 25.7 Å². The van der Waals surface area contributed by atoms with Crippen LogP contribution < -0.4 is 0 Å². The third kappa shape index (κ3) is 61.3. The molecule has 0 aromatic carbocycles. The smallest absolute Gasteiger partial charge is 0.462 e. The van der Waals surface area contributed by atoms with Crippen LogP contribution in [0.15, 0.2) is 0 Å². The van der Waals surface area contributed by atoms with E-state index >= 15 is 0 Å². The van der Waals surface area contributed by atoms with Crippen molar-refractivity contribution in [3.8, 4) is 0 Å². The molecule has 0 aromatic heterocycles. The van der Waals surface area contributed by atoms with Crippen molar-refractivity contribution in [2.24, 2.45) is 23.7 Å². The monoisotopic (exact) mass is 1280 g/mol. The van der Waals surface area contributed by atoms with Crippen molar-refractivity contribution in [2.75, 3.05) is 39.6 Å². The molecule has 516 valence electrons. The third-order valence-electron chi connectivity index (χ3n) is 15.9. The second-order valence-electron chi connectivity index (χ2n) is 26.2. The van der Waals surface area contributed by atoms with Crippen molar-refractivity contribution >= 4 is 39.5 Å². The highest BCUT2D eigenvalue weighted by Crippen LogP contribution is 2.45. The molecule has 0 amide bonds. The van der Waals surface area contributed by atoms with E-state index < -0.39 is 97.5 Å². The molecule has 6 atom stereocenters. The number of phosphoric acid groups is 2. The fourth-order valence-corrected chi connectivity index (χ4v) is 11.7. The Morgan fingerprint density at radius 1 is 0.322 bits per heavy atom. The highest BCUT2D eigenvalue weighted by atomic mass is 31.2. The van der Waals surface area contributed by atoms with Crippen LogP contribution in [0.3, 0.4) is 0 Å². The number of ether oxygens (including phenoxy) is 4. The van der Waals surface area contributed by atoms with E-state index in [0.717, 1.165) is 115 Å². The number of phosphoric ester groups is 2. The van der Waals surface area contributed by atoms with Crippen LogP contribution in [0, 0.1) is 23.7 Å². The van der Waals surface area contributed by atoms with Crippen LogP contribution in [-0.4, -0.2) is 96.7 Å². The summed E-state index contributed by atoms with van der Waals surface area (Å²) in [4.78, 5) is 72.3. The van der Waals surface area contributed by atoms with E-state index in [1.807, 2.05) is 0 Å². The number of aliphatic hydroxyl groups excluding tert-OH is 1. The molecule has 0 aromatic rings. The van der Waals surface area contributed by atoms with Gasteiger partial charge in [0.05, 0.1) is 26.4 Å². The van der Waals surface area contributed by atoms with E-state index in [1.165, 1.54) is 122 Å². The molecule has 87 heavy (non-hydrogen) atoms. The summed E-state index contributed by atoms with van der Waals surface area (Å²) in [5.74, 6) is 0.771. The fraction of sp³-hybridized carbons (Fsp3) is 0.941. The van der Waals surface area contributed by atoms with Crippen LogP contribution in [0.1, 0.15) is 331 Å². The van der Waals surface area contributed by atoms with Gasteiger partial charge in [0.25, 0.3) is 0 Å². The average molecular weight is 1280 g/mol. The van der Waals surface area contributed by atoms with E-state index in [0.29, 0.717) is 37.5 Å². The van der Waals surface area contributed by atoms with Gasteiger partial charge in [-0.15, -0.1) is 0 Å². The fourth-order valence-electron chi connectivity index (χ4n) is 10.1. The highest BCUT2D eigenvalue weighted by Gasteiger charge is 2.30. The minimum absolute atomic E-state index is 0.102. The quantitative estimate of drug-likeness (QED) is 0.0222. The summed E-state index contributed by atoms with van der Waals surface area (Å²) in [6, 6.07) is 0. The van der Waals surface area contributed by atoms with Crippen LogP contribution in [-0.2, 0) is 65.4 Å². The van der Waals surface area contributed by atoms with Crippen molar-refractivity contribution in [2.45, 2.75) is 350 Å². The summed E-state index contributed by atoms with van der Waals surface area (Å²) >= 11 is 0. The highest BCUT2D eigenvalue weighted by molar-refractivity contribution is 7.47. The Labute approximate surface area is 530 Å². The van der Waals surface area contributed by atoms with E-state index in [9.17, 15) is 43.2 Å². The number of rotatable bonds is 65. The van der Waals surface area contributed by atoms with Gasteiger partial charge in [0.2, 0.25) is 0 Å². The lowest BCUT2D eigenvalue weighted by Gasteiger charge is -2.21. The van der Waals surface area contributed by atoms with Gasteiger partial charge in [0.1, 0.15) is 19.3 Å². The maximum Gasteiger partial charge on any atom is 0.472 e. The van der Waals surface area contributed by atoms with Gasteiger partial charge in [0, 0.05) is 25.7 Å². The molecule has 0 aliphatic rings. The second kappa shape index (κ2) is 57.9. The first-order valence-electron chi connectivity index (χ1n) is 35.2. The van der Waals surface area contributed by atoms with E-state index in [1.54, 1.807) is 0 Å². The SMILES string of the molecule is CCC(C)CCCCCCCCC(=O)OC[C@H](COP(=O)(O)OCC(O)COP(=O)(O)OC[C@@H](COC(=O)CCCCCCCCC(C)C)OC(=O)CCCCCCCCCCCCCCCCCC(C)C)OC(=O)CCCCCCCCCC(C)C. The summed E-state index contributed by atoms with van der Waals surface area (Å²) in [7, 11) is -9.90. The van der Waals surface area contributed by atoms with Crippen LogP contribution in [0.2, 0.25) is 0 Å². The summed E-state index contributed by atoms with van der Waals surface area (Å²) in [6.07, 6.45) is 39.3. The molecule has 0 saturated heterocycles. The molecule has 4 unspecified atom stereocenters. The lowest BCUT2D eigenvalue weighted by Crippen LogP contribution is -2.30.